The summed E-state index contributed by atoms with van der Waals surface area (Å²) >= 11 is 0. The van der Waals surface area contributed by atoms with E-state index in [1.807, 2.05) is 30.5 Å². The number of likely N-dealkylation sites (tertiary alicyclic amines) is 2. The van der Waals surface area contributed by atoms with Gasteiger partial charge in [-0.25, -0.2) is 4.39 Å². The van der Waals surface area contributed by atoms with Gasteiger partial charge in [0.15, 0.2) is 5.78 Å². The first-order valence-corrected chi connectivity index (χ1v) is 17.9. The van der Waals surface area contributed by atoms with E-state index < -0.39 is 24.2 Å². The maximum atomic E-state index is 16.4. The van der Waals surface area contributed by atoms with Gasteiger partial charge in [0.05, 0.1) is 42.3 Å². The number of rotatable bonds is 8. The maximum absolute atomic E-state index is 16.4. The number of ether oxygens (including phenoxy) is 1. The molecule has 0 radical (unpaired) electrons. The van der Waals surface area contributed by atoms with Crippen molar-refractivity contribution in [1.29, 1.82) is 0 Å². The minimum Gasteiger partial charge on any atom is -0.369 e. The van der Waals surface area contributed by atoms with E-state index in [0.29, 0.717) is 19.6 Å². The lowest BCUT2D eigenvalue weighted by Crippen LogP contribution is -2.73. The Morgan fingerprint density at radius 2 is 1.85 bits per heavy atom. The van der Waals surface area contributed by atoms with E-state index in [-0.39, 0.29) is 60.2 Å². The number of aromatic nitrogens is 1. The number of para-hydroxylation sites is 1. The van der Waals surface area contributed by atoms with Gasteiger partial charge in [-0.3, -0.25) is 19.3 Å². The number of nitrogens with zero attached hydrogens (tertiary/aromatic N) is 3. The van der Waals surface area contributed by atoms with Crippen LogP contribution >= 0.6 is 0 Å². The summed E-state index contributed by atoms with van der Waals surface area (Å²) < 4.78 is 23.3. The summed E-state index contributed by atoms with van der Waals surface area (Å²) in [7, 11) is 0. The van der Waals surface area contributed by atoms with Gasteiger partial charge in [-0.15, -0.1) is 0 Å². The summed E-state index contributed by atoms with van der Waals surface area (Å²) in [6.07, 6.45) is 9.32. The Bertz CT molecular complexity index is 1540. The van der Waals surface area contributed by atoms with E-state index >= 15 is 4.39 Å². The van der Waals surface area contributed by atoms with Crippen molar-refractivity contribution < 1.29 is 23.5 Å². The standard InChI is InChI=1S/C36H47FN6O4/c37-27-18-25-32-35(33(27)42-15-11-23(20-42)40-31(44)17-22-19-39-28-8-2-1-7-24(22)28)47-30-10-4-3-9-29(30)43(32)21-26(34(25)45)36(46)38-12-16-41-13-5-6-14-41/h1-2,7-8,19,21,23,25,27,29-30,32-33,35,39H,3-6,9-18,20H2,(H,38,46)(H,40,44). The molecule has 5 heterocycles. The Balaban J connectivity index is 0.970. The van der Waals surface area contributed by atoms with Crippen molar-refractivity contribution >= 4 is 28.5 Å². The molecule has 11 heteroatoms. The van der Waals surface area contributed by atoms with Gasteiger partial charge in [0.2, 0.25) is 5.91 Å². The molecule has 3 N–H and O–H groups in total. The molecule has 2 aromatic rings. The van der Waals surface area contributed by atoms with Crippen LogP contribution in [0.1, 0.15) is 56.9 Å². The van der Waals surface area contributed by atoms with Crippen LogP contribution in [0.5, 0.6) is 0 Å². The summed E-state index contributed by atoms with van der Waals surface area (Å²) in [5.41, 5.74) is 2.14. The number of carbonyl (C=O) groups excluding carboxylic acids is 3. The number of hydrogen-bond acceptors (Lipinski definition) is 7. The Kier molecular flexibility index (Phi) is 8.56. The molecule has 5 fully saturated rings. The van der Waals surface area contributed by atoms with Crippen LogP contribution in [0.3, 0.4) is 0 Å². The zero-order valence-electron chi connectivity index (χ0n) is 27.0. The molecule has 2 saturated carbocycles. The van der Waals surface area contributed by atoms with Crippen LogP contribution < -0.4 is 10.6 Å². The van der Waals surface area contributed by atoms with Gasteiger partial charge >= 0.3 is 0 Å². The highest BCUT2D eigenvalue weighted by atomic mass is 19.1. The number of fused-ring (bicyclic) bond motifs is 3. The van der Waals surface area contributed by atoms with Crippen LogP contribution in [0, 0.1) is 5.92 Å². The third-order valence-corrected chi connectivity index (χ3v) is 11.7. The number of halogens is 1. The van der Waals surface area contributed by atoms with Crippen molar-refractivity contribution in [3.05, 3.63) is 47.8 Å². The van der Waals surface area contributed by atoms with E-state index in [1.165, 1.54) is 12.8 Å². The molecule has 0 bridgehead atoms. The molecule has 8 unspecified atom stereocenters. The Labute approximate surface area is 275 Å². The Morgan fingerprint density at radius 1 is 1.02 bits per heavy atom. The van der Waals surface area contributed by atoms with Crippen LogP contribution in [0.4, 0.5) is 4.39 Å². The molecule has 8 rings (SSSR count). The van der Waals surface area contributed by atoms with E-state index in [4.69, 9.17) is 4.74 Å². The normalized spacial score (nSPS) is 34.2. The monoisotopic (exact) mass is 646 g/mol. The highest BCUT2D eigenvalue weighted by molar-refractivity contribution is 6.20. The third kappa shape index (κ3) is 5.88. The number of ketones is 1. The van der Waals surface area contributed by atoms with Crippen molar-refractivity contribution in [2.75, 3.05) is 39.3 Å². The maximum Gasteiger partial charge on any atom is 0.256 e. The summed E-state index contributed by atoms with van der Waals surface area (Å²) in [5.74, 6) is -1.25. The van der Waals surface area contributed by atoms with Crippen molar-refractivity contribution in [2.24, 2.45) is 5.92 Å². The van der Waals surface area contributed by atoms with E-state index in [1.54, 1.807) is 6.20 Å². The second-order valence-corrected chi connectivity index (χ2v) is 14.6. The largest absolute Gasteiger partial charge is 0.369 e. The number of amides is 2. The molecule has 1 aromatic heterocycles. The van der Waals surface area contributed by atoms with Crippen molar-refractivity contribution in [2.45, 2.75) is 100 Å². The van der Waals surface area contributed by atoms with E-state index in [0.717, 1.165) is 68.2 Å². The second kappa shape index (κ2) is 13.0. The highest BCUT2D eigenvalue weighted by Crippen LogP contribution is 2.47. The molecular formula is C36H47FN6O4. The number of carbonyl (C=O) groups is 3. The molecule has 6 aliphatic rings. The number of nitrogens with one attached hydrogen (secondary N) is 3. The molecule has 10 nitrogen and oxygen atoms in total. The SMILES string of the molecule is O=C(Cc1c[nH]c2ccccc12)NC1CCN(C2C(F)CC3C(=O)C(C(=O)NCCN4CCCC4)=CN4C5CCCCC5OC2C34)C1. The summed E-state index contributed by atoms with van der Waals surface area (Å²) in [4.78, 5) is 50.4. The van der Waals surface area contributed by atoms with Crippen LogP contribution in [0.2, 0.25) is 0 Å². The highest BCUT2D eigenvalue weighted by Gasteiger charge is 2.60. The molecule has 2 amide bonds. The lowest BCUT2D eigenvalue weighted by atomic mass is 9.69. The first kappa shape index (κ1) is 31.0. The fourth-order valence-corrected chi connectivity index (χ4v) is 9.49. The molecule has 1 aromatic carbocycles. The van der Waals surface area contributed by atoms with Gasteiger partial charge in [-0.2, -0.15) is 0 Å². The van der Waals surface area contributed by atoms with Gasteiger partial charge in [0.1, 0.15) is 6.17 Å². The molecular weight excluding hydrogens is 599 g/mol. The average molecular weight is 647 g/mol. The van der Waals surface area contributed by atoms with Gasteiger partial charge in [0.25, 0.3) is 5.91 Å². The molecule has 0 spiro atoms. The first-order valence-electron chi connectivity index (χ1n) is 17.9. The van der Waals surface area contributed by atoms with E-state index in [2.05, 4.69) is 30.3 Å². The fraction of sp³-hybridized carbons (Fsp3) is 0.639. The number of alkyl halides is 1. The zero-order chi connectivity index (χ0) is 32.1. The number of benzene rings is 1. The lowest BCUT2D eigenvalue weighted by Gasteiger charge is -2.60. The number of morpholine rings is 1. The molecule has 4 aliphatic heterocycles. The van der Waals surface area contributed by atoms with Crippen LogP contribution in [-0.4, -0.2) is 119 Å². The van der Waals surface area contributed by atoms with Gasteiger partial charge < -0.3 is 30.2 Å². The number of hydrogen-bond donors (Lipinski definition) is 3. The van der Waals surface area contributed by atoms with Crippen LogP contribution in [-0.2, 0) is 25.5 Å². The van der Waals surface area contributed by atoms with E-state index in [9.17, 15) is 14.4 Å². The van der Waals surface area contributed by atoms with Gasteiger partial charge in [-0.05, 0) is 63.2 Å². The summed E-state index contributed by atoms with van der Waals surface area (Å²) in [5, 5.41) is 7.24. The molecule has 2 aliphatic carbocycles. The van der Waals surface area contributed by atoms with Gasteiger partial charge in [0, 0.05) is 61.4 Å². The Morgan fingerprint density at radius 3 is 2.72 bits per heavy atom. The topological polar surface area (TPSA) is 110 Å². The predicted octanol–water partition coefficient (Wildman–Crippen LogP) is 2.69. The van der Waals surface area contributed by atoms with Gasteiger partial charge in [-0.1, -0.05) is 31.0 Å². The number of Topliss-reactive ketones (excluding diaryl/α,β-unsaturated/α-hetero) is 1. The van der Waals surface area contributed by atoms with Crippen molar-refractivity contribution in [1.82, 2.24) is 30.3 Å². The number of aromatic amines is 1. The third-order valence-electron chi connectivity index (χ3n) is 11.7. The summed E-state index contributed by atoms with van der Waals surface area (Å²) in [6.45, 7) is 4.57. The fourth-order valence-electron chi connectivity index (χ4n) is 9.49. The Hall–Kier alpha value is -3.28. The molecule has 252 valence electrons. The molecule has 47 heavy (non-hydrogen) atoms. The number of H-pyrrole nitrogens is 1. The van der Waals surface area contributed by atoms with Crippen molar-refractivity contribution in [3.63, 3.8) is 0 Å². The molecule has 8 atom stereocenters. The lowest BCUT2D eigenvalue weighted by molar-refractivity contribution is -0.209. The minimum atomic E-state index is -1.27. The predicted molar refractivity (Wildman–Crippen MR) is 175 cm³/mol. The smallest absolute Gasteiger partial charge is 0.256 e. The first-order chi connectivity index (χ1) is 22.9. The van der Waals surface area contributed by atoms with Crippen LogP contribution in [0.15, 0.2) is 42.2 Å². The zero-order valence-corrected chi connectivity index (χ0v) is 27.0. The van der Waals surface area contributed by atoms with Crippen LogP contribution in [0.25, 0.3) is 10.9 Å². The quantitative estimate of drug-likeness (QED) is 0.379. The average Bonchev–Trinajstić information content (AvgIpc) is 3.85. The second-order valence-electron chi connectivity index (χ2n) is 14.6. The molecule has 3 saturated heterocycles. The van der Waals surface area contributed by atoms with Crippen molar-refractivity contribution in [3.8, 4) is 0 Å². The summed E-state index contributed by atoms with van der Waals surface area (Å²) in [6, 6.07) is 7.16. The minimum absolute atomic E-state index is 0.0403.